The van der Waals surface area contributed by atoms with Crippen LogP contribution in [0.15, 0.2) is 48.5 Å². The van der Waals surface area contributed by atoms with E-state index in [1.807, 2.05) is 30.9 Å². The molecule has 2 aromatic rings. The van der Waals surface area contributed by atoms with Crippen molar-refractivity contribution in [3.63, 3.8) is 0 Å². The van der Waals surface area contributed by atoms with Crippen molar-refractivity contribution in [2.75, 3.05) is 51.1 Å². The van der Waals surface area contributed by atoms with Gasteiger partial charge in [0.2, 0.25) is 11.8 Å². The van der Waals surface area contributed by atoms with Gasteiger partial charge in [-0.15, -0.1) is 0 Å². The van der Waals surface area contributed by atoms with E-state index in [4.69, 9.17) is 0 Å². The van der Waals surface area contributed by atoms with Gasteiger partial charge < -0.3 is 10.2 Å². The maximum absolute atomic E-state index is 13.1. The van der Waals surface area contributed by atoms with Gasteiger partial charge in [0, 0.05) is 32.7 Å². The van der Waals surface area contributed by atoms with Crippen LogP contribution in [0.5, 0.6) is 0 Å². The lowest BCUT2D eigenvalue weighted by atomic mass is 10.1. The summed E-state index contributed by atoms with van der Waals surface area (Å²) in [6.07, 6.45) is -4.54. The van der Waals surface area contributed by atoms with Crippen molar-refractivity contribution < 1.29 is 22.8 Å². The first-order valence-electron chi connectivity index (χ1n) is 11.4. The molecule has 0 bridgehead atoms. The molecule has 0 aliphatic carbocycles. The lowest BCUT2D eigenvalue weighted by molar-refractivity contribution is -0.137. The van der Waals surface area contributed by atoms with E-state index in [0.29, 0.717) is 39.3 Å². The van der Waals surface area contributed by atoms with Gasteiger partial charge in [0.25, 0.3) is 0 Å². The summed E-state index contributed by atoms with van der Waals surface area (Å²) in [4.78, 5) is 30.9. The van der Waals surface area contributed by atoms with Gasteiger partial charge in [-0.05, 0) is 31.2 Å². The Morgan fingerprint density at radius 3 is 2.38 bits per heavy atom. The van der Waals surface area contributed by atoms with E-state index in [-0.39, 0.29) is 18.1 Å². The van der Waals surface area contributed by atoms with Crippen LogP contribution < -0.4 is 5.32 Å². The molecule has 3 rings (SSSR count). The summed E-state index contributed by atoms with van der Waals surface area (Å²) in [6, 6.07) is 13.1. The number of para-hydroxylation sites is 1. The monoisotopic (exact) mass is 476 g/mol. The average Bonchev–Trinajstić information content (AvgIpc) is 2.78. The number of hydrogen-bond donors (Lipinski definition) is 1. The maximum Gasteiger partial charge on any atom is 0.418 e. The molecule has 1 fully saturated rings. The molecule has 1 N–H and O–H groups in total. The smallest absolute Gasteiger partial charge is 0.339 e. The van der Waals surface area contributed by atoms with Gasteiger partial charge in [-0.2, -0.15) is 13.2 Å². The van der Waals surface area contributed by atoms with E-state index in [9.17, 15) is 22.8 Å². The molecule has 1 aliphatic rings. The van der Waals surface area contributed by atoms with Crippen molar-refractivity contribution >= 4 is 17.5 Å². The Morgan fingerprint density at radius 1 is 1.03 bits per heavy atom. The third-order valence-electron chi connectivity index (χ3n) is 5.89. The Bertz CT molecular complexity index is 988. The first-order chi connectivity index (χ1) is 16.2. The molecule has 2 amide bonds. The molecule has 1 heterocycles. The summed E-state index contributed by atoms with van der Waals surface area (Å²) >= 11 is 0. The number of alkyl halides is 3. The number of hydrogen-bond acceptors (Lipinski definition) is 4. The van der Waals surface area contributed by atoms with Gasteiger partial charge in [0.05, 0.1) is 24.3 Å². The molecule has 6 nitrogen and oxygen atoms in total. The number of nitrogens with one attached hydrogen (secondary N) is 1. The predicted octanol–water partition coefficient (Wildman–Crippen LogP) is 3.62. The number of nitrogens with zero attached hydrogens (tertiary/aromatic N) is 3. The van der Waals surface area contributed by atoms with Crippen molar-refractivity contribution in [1.29, 1.82) is 0 Å². The summed E-state index contributed by atoms with van der Waals surface area (Å²) in [5.41, 5.74) is 1.23. The Balaban J connectivity index is 1.46. The van der Waals surface area contributed by atoms with Gasteiger partial charge in [0.15, 0.2) is 0 Å². The highest BCUT2D eigenvalue weighted by Crippen LogP contribution is 2.34. The lowest BCUT2D eigenvalue weighted by Crippen LogP contribution is -2.52. The number of anilines is 1. The number of carbonyl (C=O) groups is 2. The normalized spacial score (nSPS) is 14.9. The van der Waals surface area contributed by atoms with E-state index in [1.54, 1.807) is 4.90 Å². The molecule has 184 valence electrons. The topological polar surface area (TPSA) is 55.9 Å². The highest BCUT2D eigenvalue weighted by atomic mass is 19.4. The fraction of sp³-hybridized carbons (Fsp3) is 0.440. The Kier molecular flexibility index (Phi) is 8.68. The molecule has 0 saturated carbocycles. The molecule has 0 aromatic heterocycles. The number of aryl methyl sites for hydroxylation is 1. The zero-order valence-electron chi connectivity index (χ0n) is 19.6. The minimum atomic E-state index is -4.54. The molecule has 1 aliphatic heterocycles. The average molecular weight is 477 g/mol. The van der Waals surface area contributed by atoms with Crippen molar-refractivity contribution in [3.05, 3.63) is 65.2 Å². The molecule has 34 heavy (non-hydrogen) atoms. The number of amides is 2. The van der Waals surface area contributed by atoms with Crippen LogP contribution in [0.2, 0.25) is 0 Å². The summed E-state index contributed by atoms with van der Waals surface area (Å²) < 4.78 is 39.4. The Morgan fingerprint density at radius 2 is 1.74 bits per heavy atom. The fourth-order valence-electron chi connectivity index (χ4n) is 4.03. The molecular formula is C25H31F3N4O2. The Hall–Kier alpha value is -2.91. The number of piperazine rings is 1. The van der Waals surface area contributed by atoms with Crippen LogP contribution in [0.1, 0.15) is 23.6 Å². The van der Waals surface area contributed by atoms with Gasteiger partial charge >= 0.3 is 6.18 Å². The van der Waals surface area contributed by atoms with Crippen molar-refractivity contribution in [2.45, 2.75) is 26.6 Å². The SMILES string of the molecule is CCN(CC(=O)N1CCN(CC(=O)Nc2ccccc2C(F)(F)F)CC1)Cc1cccc(C)c1. The molecule has 0 unspecified atom stereocenters. The number of benzene rings is 2. The zero-order valence-corrected chi connectivity index (χ0v) is 19.6. The van der Waals surface area contributed by atoms with Crippen LogP contribution >= 0.6 is 0 Å². The number of likely N-dealkylation sites (N-methyl/N-ethyl adjacent to an activating group) is 1. The van der Waals surface area contributed by atoms with E-state index < -0.39 is 17.6 Å². The van der Waals surface area contributed by atoms with Crippen LogP contribution in [-0.2, 0) is 22.3 Å². The van der Waals surface area contributed by atoms with Crippen LogP contribution in [0.4, 0.5) is 18.9 Å². The number of rotatable bonds is 8. The first kappa shape index (κ1) is 25.7. The molecule has 9 heteroatoms. The van der Waals surface area contributed by atoms with Gasteiger partial charge in [-0.3, -0.25) is 19.4 Å². The van der Waals surface area contributed by atoms with Gasteiger partial charge in [0.1, 0.15) is 0 Å². The van der Waals surface area contributed by atoms with Gasteiger partial charge in [-0.1, -0.05) is 48.9 Å². The maximum atomic E-state index is 13.1. The summed E-state index contributed by atoms with van der Waals surface area (Å²) in [6.45, 7) is 7.75. The number of halogens is 3. The standard InChI is InChI=1S/C25H31F3N4O2/c1-3-30(16-20-8-6-7-19(2)15-20)18-24(34)32-13-11-31(12-14-32)17-23(33)29-22-10-5-4-9-21(22)25(26,27)28/h4-10,15H,3,11-14,16-18H2,1-2H3,(H,29,33). The van der Waals surface area contributed by atoms with Crippen LogP contribution in [0, 0.1) is 6.92 Å². The molecule has 0 spiro atoms. The summed E-state index contributed by atoms with van der Waals surface area (Å²) in [5.74, 6) is -0.468. The molecule has 1 saturated heterocycles. The van der Waals surface area contributed by atoms with E-state index in [2.05, 4.69) is 22.3 Å². The first-order valence-corrected chi connectivity index (χ1v) is 11.4. The second kappa shape index (κ2) is 11.5. The van der Waals surface area contributed by atoms with E-state index >= 15 is 0 Å². The van der Waals surface area contributed by atoms with Crippen molar-refractivity contribution in [3.8, 4) is 0 Å². The second-order valence-corrected chi connectivity index (χ2v) is 8.54. The van der Waals surface area contributed by atoms with Crippen molar-refractivity contribution in [2.24, 2.45) is 0 Å². The minimum absolute atomic E-state index is 0.0251. The highest BCUT2D eigenvalue weighted by molar-refractivity contribution is 5.93. The largest absolute Gasteiger partial charge is 0.418 e. The van der Waals surface area contributed by atoms with Crippen LogP contribution in [0.25, 0.3) is 0 Å². The number of carbonyl (C=O) groups excluding carboxylic acids is 2. The van der Waals surface area contributed by atoms with Crippen LogP contribution in [-0.4, -0.2) is 72.3 Å². The predicted molar refractivity (Wildman–Crippen MR) is 125 cm³/mol. The van der Waals surface area contributed by atoms with Crippen LogP contribution in [0.3, 0.4) is 0 Å². The molecule has 0 atom stereocenters. The molecule has 0 radical (unpaired) electrons. The highest BCUT2D eigenvalue weighted by Gasteiger charge is 2.33. The fourth-order valence-corrected chi connectivity index (χ4v) is 4.03. The van der Waals surface area contributed by atoms with Crippen molar-refractivity contribution in [1.82, 2.24) is 14.7 Å². The summed E-state index contributed by atoms with van der Waals surface area (Å²) in [5, 5.41) is 2.37. The molecule has 2 aromatic carbocycles. The van der Waals surface area contributed by atoms with E-state index in [1.165, 1.54) is 23.8 Å². The minimum Gasteiger partial charge on any atom is -0.339 e. The molecular weight excluding hydrogens is 445 g/mol. The van der Waals surface area contributed by atoms with Gasteiger partial charge in [-0.25, -0.2) is 0 Å². The third-order valence-corrected chi connectivity index (χ3v) is 5.89. The second-order valence-electron chi connectivity index (χ2n) is 8.54. The Labute approximate surface area is 198 Å². The lowest BCUT2D eigenvalue weighted by Gasteiger charge is -2.35. The summed E-state index contributed by atoms with van der Waals surface area (Å²) in [7, 11) is 0. The third kappa shape index (κ3) is 7.30. The van der Waals surface area contributed by atoms with E-state index in [0.717, 1.165) is 18.2 Å². The quantitative estimate of drug-likeness (QED) is 0.633. The zero-order chi connectivity index (χ0) is 24.7.